The molecule has 3 heteroatoms. The van der Waals surface area contributed by atoms with Crippen LogP contribution >= 0.6 is 22.6 Å². The van der Waals surface area contributed by atoms with Crippen molar-refractivity contribution in [1.82, 2.24) is 0 Å². The Kier molecular flexibility index (Phi) is 4.86. The molecule has 0 aliphatic rings. The Balaban J connectivity index is 2.72. The normalized spacial score (nSPS) is 14.7. The molecule has 0 fully saturated rings. The highest BCUT2D eigenvalue weighted by molar-refractivity contribution is 14.1. The van der Waals surface area contributed by atoms with Gasteiger partial charge in [0, 0.05) is 22.4 Å². The number of hydrogen-bond acceptors (Lipinski definition) is 2. The second-order valence-electron chi connectivity index (χ2n) is 3.83. The van der Waals surface area contributed by atoms with E-state index in [1.165, 1.54) is 14.8 Å². The van der Waals surface area contributed by atoms with Crippen LogP contribution in [0.25, 0.3) is 0 Å². The van der Waals surface area contributed by atoms with Crippen molar-refractivity contribution in [2.75, 3.05) is 12.4 Å². The first-order chi connectivity index (χ1) is 7.04. The number of ether oxygens (including phenoxy) is 1. The average molecular weight is 319 g/mol. The van der Waals surface area contributed by atoms with E-state index in [2.05, 4.69) is 66.9 Å². The molecular weight excluding hydrogens is 301 g/mol. The van der Waals surface area contributed by atoms with E-state index in [1.54, 1.807) is 7.11 Å². The van der Waals surface area contributed by atoms with Crippen LogP contribution in [0.2, 0.25) is 0 Å². The Morgan fingerprint density at radius 3 is 2.53 bits per heavy atom. The maximum Gasteiger partial charge on any atom is 0.0741 e. The lowest BCUT2D eigenvalue weighted by Gasteiger charge is -2.22. The van der Waals surface area contributed by atoms with Crippen molar-refractivity contribution < 1.29 is 4.74 Å². The minimum atomic E-state index is 0.212. The van der Waals surface area contributed by atoms with Gasteiger partial charge >= 0.3 is 0 Å². The molecule has 84 valence electrons. The van der Waals surface area contributed by atoms with Crippen molar-refractivity contribution >= 4 is 28.3 Å². The Morgan fingerprint density at radius 2 is 2.00 bits per heavy atom. The van der Waals surface area contributed by atoms with E-state index in [-0.39, 0.29) is 6.10 Å². The van der Waals surface area contributed by atoms with Gasteiger partial charge in [0.05, 0.1) is 6.10 Å². The van der Waals surface area contributed by atoms with Crippen LogP contribution in [0, 0.1) is 10.5 Å². The van der Waals surface area contributed by atoms with Crippen molar-refractivity contribution in [1.29, 1.82) is 0 Å². The lowest BCUT2D eigenvalue weighted by molar-refractivity contribution is 0.106. The molecule has 0 spiro atoms. The molecule has 1 rings (SSSR count). The van der Waals surface area contributed by atoms with Crippen LogP contribution in [0.1, 0.15) is 19.4 Å². The second kappa shape index (κ2) is 5.70. The van der Waals surface area contributed by atoms with Crippen molar-refractivity contribution in [3.63, 3.8) is 0 Å². The van der Waals surface area contributed by atoms with Crippen LogP contribution in [-0.2, 0) is 4.74 Å². The summed E-state index contributed by atoms with van der Waals surface area (Å²) in [5.41, 5.74) is 2.46. The number of nitrogens with one attached hydrogen (secondary N) is 1. The molecule has 2 nitrogen and oxygen atoms in total. The van der Waals surface area contributed by atoms with Crippen molar-refractivity contribution in [3.05, 3.63) is 27.3 Å². The Hall–Kier alpha value is -0.290. The van der Waals surface area contributed by atoms with Crippen molar-refractivity contribution in [3.8, 4) is 0 Å². The molecule has 0 heterocycles. The number of aryl methyl sites for hydroxylation is 1. The molecule has 0 aliphatic carbocycles. The molecule has 2 unspecified atom stereocenters. The Bertz CT molecular complexity index is 327. The number of benzene rings is 1. The molecule has 2 atom stereocenters. The number of hydrogen-bond donors (Lipinski definition) is 1. The summed E-state index contributed by atoms with van der Waals surface area (Å²) in [4.78, 5) is 0. The predicted molar refractivity (Wildman–Crippen MR) is 73.5 cm³/mol. The van der Waals surface area contributed by atoms with E-state index in [1.807, 2.05) is 0 Å². The number of halogens is 1. The standard InChI is InChI=1S/C12H18INO/c1-8-7-11(13)5-6-12(8)14-9(2)10(3)15-4/h5-7,9-10,14H,1-4H3. The third kappa shape index (κ3) is 3.65. The molecule has 0 bridgehead atoms. The van der Waals surface area contributed by atoms with Gasteiger partial charge in [0.1, 0.15) is 0 Å². The molecule has 0 saturated heterocycles. The SMILES string of the molecule is COC(C)C(C)Nc1ccc(I)cc1C. The summed E-state index contributed by atoms with van der Waals surface area (Å²) in [5.74, 6) is 0. The summed E-state index contributed by atoms with van der Waals surface area (Å²) in [6, 6.07) is 6.72. The minimum Gasteiger partial charge on any atom is -0.380 e. The van der Waals surface area contributed by atoms with Gasteiger partial charge in [-0.25, -0.2) is 0 Å². The third-order valence-electron chi connectivity index (χ3n) is 2.65. The summed E-state index contributed by atoms with van der Waals surface area (Å²) in [6.45, 7) is 6.32. The molecular formula is C12H18INO. The van der Waals surface area contributed by atoms with Gasteiger partial charge in [-0.3, -0.25) is 0 Å². The van der Waals surface area contributed by atoms with Crippen LogP contribution in [0.15, 0.2) is 18.2 Å². The first kappa shape index (κ1) is 12.8. The van der Waals surface area contributed by atoms with Gasteiger partial charge in [0.15, 0.2) is 0 Å². The van der Waals surface area contributed by atoms with Crippen LogP contribution in [0.5, 0.6) is 0 Å². The zero-order chi connectivity index (χ0) is 11.4. The van der Waals surface area contributed by atoms with Gasteiger partial charge in [-0.1, -0.05) is 0 Å². The van der Waals surface area contributed by atoms with Gasteiger partial charge in [-0.2, -0.15) is 0 Å². The highest BCUT2D eigenvalue weighted by Crippen LogP contribution is 2.19. The quantitative estimate of drug-likeness (QED) is 0.859. The largest absolute Gasteiger partial charge is 0.380 e. The van der Waals surface area contributed by atoms with E-state index in [0.717, 1.165) is 0 Å². The fourth-order valence-electron chi connectivity index (χ4n) is 1.36. The number of rotatable bonds is 4. The molecule has 0 aromatic heterocycles. The second-order valence-corrected chi connectivity index (χ2v) is 5.08. The highest BCUT2D eigenvalue weighted by atomic mass is 127. The van der Waals surface area contributed by atoms with E-state index in [0.29, 0.717) is 6.04 Å². The first-order valence-corrected chi connectivity index (χ1v) is 6.18. The Labute approximate surface area is 106 Å². The molecule has 1 aromatic rings. The maximum atomic E-state index is 5.28. The van der Waals surface area contributed by atoms with E-state index < -0.39 is 0 Å². The summed E-state index contributed by atoms with van der Waals surface area (Å²) >= 11 is 2.32. The zero-order valence-corrected chi connectivity index (χ0v) is 11.8. The van der Waals surface area contributed by atoms with E-state index >= 15 is 0 Å². The summed E-state index contributed by atoms with van der Waals surface area (Å²) in [6.07, 6.45) is 0.212. The molecule has 1 N–H and O–H groups in total. The summed E-state index contributed by atoms with van der Waals surface area (Å²) in [7, 11) is 1.74. The third-order valence-corrected chi connectivity index (χ3v) is 3.32. The topological polar surface area (TPSA) is 21.3 Å². The van der Waals surface area contributed by atoms with Crippen LogP contribution in [0.4, 0.5) is 5.69 Å². The van der Waals surface area contributed by atoms with Crippen LogP contribution < -0.4 is 5.32 Å². The molecule has 0 radical (unpaired) electrons. The zero-order valence-electron chi connectivity index (χ0n) is 9.67. The van der Waals surface area contributed by atoms with Gasteiger partial charge in [0.2, 0.25) is 0 Å². The van der Waals surface area contributed by atoms with Crippen molar-refractivity contribution in [2.45, 2.75) is 32.9 Å². The lowest BCUT2D eigenvalue weighted by atomic mass is 10.1. The summed E-state index contributed by atoms with van der Waals surface area (Å²) < 4.78 is 6.55. The van der Waals surface area contributed by atoms with Gasteiger partial charge in [-0.15, -0.1) is 0 Å². The van der Waals surface area contributed by atoms with Crippen molar-refractivity contribution in [2.24, 2.45) is 0 Å². The molecule has 0 amide bonds. The smallest absolute Gasteiger partial charge is 0.0741 e. The van der Waals surface area contributed by atoms with E-state index in [9.17, 15) is 0 Å². The Morgan fingerprint density at radius 1 is 1.33 bits per heavy atom. The maximum absolute atomic E-state index is 5.28. The predicted octanol–water partition coefficient (Wildman–Crippen LogP) is 3.43. The molecule has 0 aliphatic heterocycles. The molecule has 15 heavy (non-hydrogen) atoms. The van der Waals surface area contributed by atoms with Crippen LogP contribution in [0.3, 0.4) is 0 Å². The van der Waals surface area contributed by atoms with Crippen LogP contribution in [-0.4, -0.2) is 19.3 Å². The van der Waals surface area contributed by atoms with Gasteiger partial charge < -0.3 is 10.1 Å². The fraction of sp³-hybridized carbons (Fsp3) is 0.500. The average Bonchev–Trinajstić information content (AvgIpc) is 2.20. The number of anilines is 1. The monoisotopic (exact) mass is 319 g/mol. The molecule has 1 aromatic carbocycles. The van der Waals surface area contributed by atoms with E-state index in [4.69, 9.17) is 4.74 Å². The fourth-order valence-corrected chi connectivity index (χ4v) is 2.00. The summed E-state index contributed by atoms with van der Waals surface area (Å²) in [5, 5.41) is 3.46. The highest BCUT2D eigenvalue weighted by Gasteiger charge is 2.11. The lowest BCUT2D eigenvalue weighted by Crippen LogP contribution is -2.29. The molecule has 0 saturated carbocycles. The van der Waals surface area contributed by atoms with Gasteiger partial charge in [-0.05, 0) is 67.1 Å². The first-order valence-electron chi connectivity index (χ1n) is 5.10. The number of methoxy groups -OCH3 is 1. The van der Waals surface area contributed by atoms with Gasteiger partial charge in [0.25, 0.3) is 0 Å². The minimum absolute atomic E-state index is 0.212.